The quantitative estimate of drug-likeness (QED) is 0.357. The van der Waals surface area contributed by atoms with Crippen LogP contribution in [0.3, 0.4) is 0 Å². The second-order valence-electron chi connectivity index (χ2n) is 8.82. The fraction of sp³-hybridized carbons (Fsp3) is 0.320. The van der Waals surface area contributed by atoms with E-state index in [1.165, 1.54) is 6.20 Å². The summed E-state index contributed by atoms with van der Waals surface area (Å²) in [6, 6.07) is 13.5. The molecule has 1 N–H and O–H groups in total. The van der Waals surface area contributed by atoms with Gasteiger partial charge < -0.3 is 24.1 Å². The number of nitriles is 1. The van der Waals surface area contributed by atoms with Crippen LogP contribution >= 0.6 is 24.0 Å². The van der Waals surface area contributed by atoms with Gasteiger partial charge in [0.05, 0.1) is 18.4 Å². The van der Waals surface area contributed by atoms with Gasteiger partial charge in [-0.25, -0.2) is 9.67 Å². The van der Waals surface area contributed by atoms with Crippen LogP contribution in [-0.4, -0.2) is 67.5 Å². The van der Waals surface area contributed by atoms with Crippen molar-refractivity contribution >= 4 is 24.0 Å². The standard InChI is InChI=1S/C25H22N6O5S2/c1-33-21-23(37)35-19-12-34-22(15-5-3-2-4-6-15)36-20(19)25(21,16-7-14(8-26)9-27-10-16)31-11-17(29-30-31)18-13-38-24(32)28-18/h2-7,9-11,13,19-23,37H,12H2,1H3,(H,28,32)/t19-,20+,21+,22?,23-,25?/m1/s1. The average molecular weight is 551 g/mol. The molecule has 6 rings (SSSR count). The Labute approximate surface area is 227 Å². The van der Waals surface area contributed by atoms with E-state index in [-0.39, 0.29) is 11.8 Å². The van der Waals surface area contributed by atoms with Crippen LogP contribution in [0, 0.1) is 11.3 Å². The number of thiazole rings is 1. The molecular weight excluding hydrogens is 528 g/mol. The molecule has 1 aromatic carbocycles. The van der Waals surface area contributed by atoms with Gasteiger partial charge in [-0.1, -0.05) is 46.9 Å². The van der Waals surface area contributed by atoms with Crippen molar-refractivity contribution in [2.24, 2.45) is 0 Å². The lowest BCUT2D eigenvalue weighted by Crippen LogP contribution is -2.70. The Kier molecular flexibility index (Phi) is 6.60. The summed E-state index contributed by atoms with van der Waals surface area (Å²) in [4.78, 5) is 8.47. The first-order chi connectivity index (χ1) is 18.5. The van der Waals surface area contributed by atoms with Gasteiger partial charge in [-0.2, -0.15) is 5.26 Å². The summed E-state index contributed by atoms with van der Waals surface area (Å²) in [7, 11) is 1.55. The van der Waals surface area contributed by atoms with Crippen molar-refractivity contribution in [1.29, 1.82) is 5.26 Å². The zero-order chi connectivity index (χ0) is 26.3. The summed E-state index contributed by atoms with van der Waals surface area (Å²) in [6.07, 6.45) is 2.11. The van der Waals surface area contributed by atoms with Crippen molar-refractivity contribution in [3.8, 4) is 22.7 Å². The summed E-state index contributed by atoms with van der Waals surface area (Å²) in [6.45, 7) is 0.215. The number of rotatable bonds is 5. The predicted molar refractivity (Wildman–Crippen MR) is 137 cm³/mol. The predicted octanol–water partition coefficient (Wildman–Crippen LogP) is 2.90. The molecule has 0 bridgehead atoms. The SMILES string of the molecule is CO[C@H]1[C@@H](S)O[C@@H]2COC(c3ccccc3)O[C@@H]2C1(c1cncc(C#N)c1)n1cc(-c2csc(O)n2)nn1. The zero-order valence-corrected chi connectivity index (χ0v) is 21.7. The second-order valence-corrected chi connectivity index (χ2v) is 10.2. The molecule has 3 aromatic heterocycles. The van der Waals surface area contributed by atoms with Gasteiger partial charge in [-0.15, -0.1) is 17.7 Å². The molecule has 6 atom stereocenters. The third kappa shape index (κ3) is 4.06. The number of hydrogen-bond acceptors (Lipinski definition) is 12. The second kappa shape index (κ2) is 10.1. The Morgan fingerprint density at radius 1 is 1.24 bits per heavy atom. The first-order valence-electron chi connectivity index (χ1n) is 11.7. The summed E-state index contributed by atoms with van der Waals surface area (Å²) in [5, 5.41) is 29.9. The van der Waals surface area contributed by atoms with Crippen LogP contribution in [-0.2, 0) is 24.5 Å². The van der Waals surface area contributed by atoms with Crippen molar-refractivity contribution in [2.75, 3.05) is 13.7 Å². The van der Waals surface area contributed by atoms with E-state index in [9.17, 15) is 10.4 Å². The molecule has 0 aliphatic carbocycles. The number of pyridine rings is 1. The number of nitrogens with zero attached hydrogens (tertiary/aromatic N) is 6. The highest BCUT2D eigenvalue weighted by Crippen LogP contribution is 2.48. The van der Waals surface area contributed by atoms with E-state index >= 15 is 0 Å². The fourth-order valence-electron chi connectivity index (χ4n) is 5.12. The number of ether oxygens (including phenoxy) is 4. The summed E-state index contributed by atoms with van der Waals surface area (Å²) >= 11 is 5.83. The average Bonchev–Trinajstić information content (AvgIpc) is 3.62. The molecule has 0 radical (unpaired) electrons. The van der Waals surface area contributed by atoms with Gasteiger partial charge >= 0.3 is 0 Å². The Morgan fingerprint density at radius 3 is 2.82 bits per heavy atom. The van der Waals surface area contributed by atoms with E-state index in [0.29, 0.717) is 22.5 Å². The van der Waals surface area contributed by atoms with Crippen LogP contribution in [0.15, 0.2) is 60.4 Å². The van der Waals surface area contributed by atoms with Crippen molar-refractivity contribution in [3.05, 3.63) is 77.1 Å². The molecule has 0 spiro atoms. The highest BCUT2D eigenvalue weighted by Gasteiger charge is 2.62. The van der Waals surface area contributed by atoms with E-state index in [4.69, 9.17) is 31.6 Å². The maximum Gasteiger partial charge on any atom is 0.271 e. The molecule has 38 heavy (non-hydrogen) atoms. The van der Waals surface area contributed by atoms with Gasteiger partial charge in [-0.05, 0) is 6.07 Å². The van der Waals surface area contributed by atoms with Crippen molar-refractivity contribution in [1.82, 2.24) is 25.0 Å². The van der Waals surface area contributed by atoms with Crippen molar-refractivity contribution in [2.45, 2.75) is 35.6 Å². The Hall–Kier alpha value is -3.38. The monoisotopic (exact) mass is 550 g/mol. The highest BCUT2D eigenvalue weighted by atomic mass is 32.1. The molecule has 2 aliphatic rings. The molecule has 0 amide bonds. The third-order valence-corrected chi connectivity index (χ3v) is 7.78. The van der Waals surface area contributed by atoms with Gasteiger partial charge in [0.15, 0.2) is 6.29 Å². The molecular formula is C25H22N6O5S2. The normalized spacial score (nSPS) is 28.9. The van der Waals surface area contributed by atoms with Gasteiger partial charge in [0.25, 0.3) is 5.19 Å². The Morgan fingerprint density at radius 2 is 2.08 bits per heavy atom. The molecule has 13 heteroatoms. The number of aromatic hydroxyl groups is 1. The number of aromatic nitrogens is 5. The molecule has 2 fully saturated rings. The summed E-state index contributed by atoms with van der Waals surface area (Å²) in [5.74, 6) is 0. The highest BCUT2D eigenvalue weighted by molar-refractivity contribution is 7.80. The van der Waals surface area contributed by atoms with Crippen LogP contribution in [0.2, 0.25) is 0 Å². The third-order valence-electron chi connectivity index (χ3n) is 6.74. The van der Waals surface area contributed by atoms with Crippen LogP contribution in [0.4, 0.5) is 0 Å². The van der Waals surface area contributed by atoms with Crippen LogP contribution < -0.4 is 0 Å². The molecule has 2 aliphatic heterocycles. The fourth-order valence-corrected chi connectivity index (χ4v) is 6.17. The van der Waals surface area contributed by atoms with Gasteiger partial charge in [0.2, 0.25) is 0 Å². The molecule has 2 unspecified atom stereocenters. The minimum absolute atomic E-state index is 0.0787. The number of benzene rings is 1. The maximum absolute atomic E-state index is 9.80. The molecule has 11 nitrogen and oxygen atoms in total. The minimum atomic E-state index is -1.23. The van der Waals surface area contributed by atoms with Crippen LogP contribution in [0.25, 0.3) is 11.4 Å². The van der Waals surface area contributed by atoms with Crippen molar-refractivity contribution < 1.29 is 24.1 Å². The molecule has 4 aromatic rings. The summed E-state index contributed by atoms with van der Waals surface area (Å²) in [5.41, 5.74) is 0.744. The number of hydrogen-bond donors (Lipinski definition) is 2. The van der Waals surface area contributed by atoms with Gasteiger partial charge in [0, 0.05) is 36.0 Å². The van der Waals surface area contributed by atoms with E-state index in [1.54, 1.807) is 35.6 Å². The van der Waals surface area contributed by atoms with Gasteiger partial charge in [-0.3, -0.25) is 4.98 Å². The van der Waals surface area contributed by atoms with E-state index in [2.05, 4.69) is 26.3 Å². The lowest BCUT2D eigenvalue weighted by Gasteiger charge is -2.55. The maximum atomic E-state index is 9.80. The minimum Gasteiger partial charge on any atom is -0.486 e. The van der Waals surface area contributed by atoms with Gasteiger partial charge in [0.1, 0.15) is 46.7 Å². The van der Waals surface area contributed by atoms with Crippen molar-refractivity contribution in [3.63, 3.8) is 0 Å². The summed E-state index contributed by atoms with van der Waals surface area (Å²) < 4.78 is 26.6. The first-order valence-corrected chi connectivity index (χ1v) is 13.1. The zero-order valence-electron chi connectivity index (χ0n) is 20.0. The molecule has 2 saturated heterocycles. The Bertz CT molecular complexity index is 1480. The molecule has 194 valence electrons. The number of thiol groups is 1. The molecule has 5 heterocycles. The topological polar surface area (TPSA) is 137 Å². The van der Waals surface area contributed by atoms with E-state index in [1.807, 2.05) is 30.3 Å². The number of fused-ring (bicyclic) bond motifs is 1. The number of methoxy groups -OCH3 is 1. The molecule has 0 saturated carbocycles. The van der Waals surface area contributed by atoms with E-state index in [0.717, 1.165) is 16.9 Å². The largest absolute Gasteiger partial charge is 0.486 e. The lowest BCUT2D eigenvalue weighted by molar-refractivity contribution is -0.323. The van der Waals surface area contributed by atoms with Crippen LogP contribution in [0.5, 0.6) is 5.19 Å². The van der Waals surface area contributed by atoms with Crippen LogP contribution in [0.1, 0.15) is 23.0 Å². The Balaban J connectivity index is 1.56. The smallest absolute Gasteiger partial charge is 0.271 e. The first kappa shape index (κ1) is 24.9. The lowest BCUT2D eigenvalue weighted by atomic mass is 9.75. The van der Waals surface area contributed by atoms with E-state index < -0.39 is 35.6 Å².